The molecule has 0 bridgehead atoms. The van der Waals surface area contributed by atoms with E-state index < -0.39 is 11.6 Å². The molecule has 0 unspecified atom stereocenters. The Hall–Kier alpha value is -1.86. The number of hydrogen-bond donors (Lipinski definition) is 0. The highest BCUT2D eigenvalue weighted by molar-refractivity contribution is 7.22. The average Bonchev–Trinajstić information content (AvgIpc) is 2.98. The van der Waals surface area contributed by atoms with Crippen LogP contribution in [0.5, 0.6) is 0 Å². The summed E-state index contributed by atoms with van der Waals surface area (Å²) in [4.78, 5) is 15.2. The van der Waals surface area contributed by atoms with Gasteiger partial charge in [-0.2, -0.15) is 9.97 Å². The summed E-state index contributed by atoms with van der Waals surface area (Å²) in [5, 5.41) is 0.831. The molecule has 0 spiro atoms. The van der Waals surface area contributed by atoms with Crippen molar-refractivity contribution in [2.45, 2.75) is 19.8 Å². The molecule has 1 aliphatic heterocycles. The van der Waals surface area contributed by atoms with Crippen molar-refractivity contribution < 1.29 is 8.78 Å². The molecule has 0 N–H and O–H groups in total. The summed E-state index contributed by atoms with van der Waals surface area (Å²) < 4.78 is 28.1. The molecule has 4 rings (SSSR count). The largest absolute Gasteiger partial charge is 0.348 e. The van der Waals surface area contributed by atoms with Crippen LogP contribution in [0.25, 0.3) is 21.6 Å². The fourth-order valence-corrected chi connectivity index (χ4v) is 4.36. The van der Waals surface area contributed by atoms with Crippen LogP contribution in [-0.4, -0.2) is 28.0 Å². The number of benzene rings is 1. The third kappa shape index (κ3) is 3.18. The first-order valence-electron chi connectivity index (χ1n) is 8.05. The van der Waals surface area contributed by atoms with Crippen LogP contribution < -0.4 is 4.90 Å². The van der Waals surface area contributed by atoms with E-state index in [9.17, 15) is 8.78 Å². The molecule has 0 amide bonds. The van der Waals surface area contributed by atoms with Crippen LogP contribution in [0.3, 0.4) is 0 Å². The Labute approximate surface area is 152 Å². The molecule has 0 saturated carbocycles. The predicted octanol–water partition coefficient (Wildman–Crippen LogP) is 4.92. The molecule has 1 atom stereocenters. The molecule has 1 aromatic carbocycles. The van der Waals surface area contributed by atoms with Gasteiger partial charge in [-0.3, -0.25) is 0 Å². The number of halogens is 3. The highest BCUT2D eigenvalue weighted by Crippen LogP contribution is 2.37. The van der Waals surface area contributed by atoms with E-state index in [1.54, 1.807) is 0 Å². The van der Waals surface area contributed by atoms with Crippen molar-refractivity contribution in [3.05, 3.63) is 35.1 Å². The van der Waals surface area contributed by atoms with Crippen molar-refractivity contribution in [3.63, 3.8) is 0 Å². The van der Waals surface area contributed by atoms with Crippen molar-refractivity contribution in [2.75, 3.05) is 18.0 Å². The molecule has 0 radical (unpaired) electrons. The van der Waals surface area contributed by atoms with Gasteiger partial charge in [-0.1, -0.05) is 18.3 Å². The summed E-state index contributed by atoms with van der Waals surface area (Å²) in [7, 11) is 0. The number of nitrogens with zero attached hydrogens (tertiary/aromatic N) is 4. The lowest BCUT2D eigenvalue weighted by Crippen LogP contribution is -2.34. The molecule has 2 aromatic heterocycles. The van der Waals surface area contributed by atoms with E-state index >= 15 is 0 Å². The van der Waals surface area contributed by atoms with Crippen molar-refractivity contribution in [1.82, 2.24) is 15.0 Å². The van der Waals surface area contributed by atoms with Crippen molar-refractivity contribution >= 4 is 38.4 Å². The Balaban J connectivity index is 1.84. The van der Waals surface area contributed by atoms with Crippen LogP contribution in [0.4, 0.5) is 13.9 Å². The quantitative estimate of drug-likeness (QED) is 0.592. The molecule has 1 aliphatic rings. The molecule has 0 aliphatic carbocycles. The number of piperidine rings is 1. The SMILES string of the molecule is C[C@@H]1CCCN(c2nc3nc(Cl)nc(-c4ccc(F)cc4F)c3s2)C1. The van der Waals surface area contributed by atoms with Crippen molar-refractivity contribution in [2.24, 2.45) is 5.92 Å². The fourth-order valence-electron chi connectivity index (χ4n) is 3.15. The van der Waals surface area contributed by atoms with E-state index in [1.807, 2.05) is 0 Å². The van der Waals surface area contributed by atoms with Gasteiger partial charge in [0, 0.05) is 24.7 Å². The zero-order valence-electron chi connectivity index (χ0n) is 13.5. The molecule has 130 valence electrons. The normalized spacial score (nSPS) is 18.1. The monoisotopic (exact) mass is 380 g/mol. The summed E-state index contributed by atoms with van der Waals surface area (Å²) in [6.07, 6.45) is 2.32. The molecule has 3 heterocycles. The van der Waals surface area contributed by atoms with Crippen molar-refractivity contribution in [1.29, 1.82) is 0 Å². The number of rotatable bonds is 2. The Morgan fingerprint density at radius 3 is 2.84 bits per heavy atom. The van der Waals surface area contributed by atoms with Crippen LogP contribution in [0, 0.1) is 17.6 Å². The van der Waals surface area contributed by atoms with E-state index in [4.69, 9.17) is 11.6 Å². The van der Waals surface area contributed by atoms with Gasteiger partial charge in [0.05, 0.1) is 5.69 Å². The lowest BCUT2D eigenvalue weighted by molar-refractivity contribution is 0.446. The van der Waals surface area contributed by atoms with Gasteiger partial charge >= 0.3 is 0 Å². The second-order valence-corrected chi connectivity index (χ2v) is 7.62. The van der Waals surface area contributed by atoms with Gasteiger partial charge in [0.2, 0.25) is 5.28 Å². The fraction of sp³-hybridized carbons (Fsp3) is 0.353. The summed E-state index contributed by atoms with van der Waals surface area (Å²) in [5.74, 6) is -0.716. The first-order valence-corrected chi connectivity index (χ1v) is 9.25. The zero-order chi connectivity index (χ0) is 17.6. The molecule has 1 fully saturated rings. The molecule has 3 aromatic rings. The average molecular weight is 381 g/mol. The molecule has 1 saturated heterocycles. The van der Waals surface area contributed by atoms with Gasteiger partial charge in [-0.05, 0) is 42.5 Å². The maximum Gasteiger partial charge on any atom is 0.225 e. The summed E-state index contributed by atoms with van der Waals surface area (Å²) in [6, 6.07) is 3.41. The minimum Gasteiger partial charge on any atom is -0.348 e. The maximum atomic E-state index is 14.2. The zero-order valence-corrected chi connectivity index (χ0v) is 15.0. The second kappa shape index (κ2) is 6.46. The van der Waals surface area contributed by atoms with E-state index in [0.717, 1.165) is 30.7 Å². The predicted molar refractivity (Wildman–Crippen MR) is 96.2 cm³/mol. The third-order valence-electron chi connectivity index (χ3n) is 4.33. The number of thiazole rings is 1. The van der Waals surface area contributed by atoms with Gasteiger partial charge in [0.15, 0.2) is 10.8 Å². The second-order valence-electron chi connectivity index (χ2n) is 6.31. The first kappa shape index (κ1) is 16.6. The Kier molecular flexibility index (Phi) is 4.29. The van der Waals surface area contributed by atoms with Crippen LogP contribution >= 0.6 is 22.9 Å². The minimum atomic E-state index is -0.683. The van der Waals surface area contributed by atoms with Crippen LogP contribution in [0.15, 0.2) is 18.2 Å². The smallest absolute Gasteiger partial charge is 0.225 e. The van der Waals surface area contributed by atoms with Gasteiger partial charge in [-0.15, -0.1) is 0 Å². The minimum absolute atomic E-state index is 0.00455. The van der Waals surface area contributed by atoms with E-state index in [-0.39, 0.29) is 10.8 Å². The van der Waals surface area contributed by atoms with E-state index in [1.165, 1.54) is 29.9 Å². The van der Waals surface area contributed by atoms with Crippen LogP contribution in [-0.2, 0) is 0 Å². The van der Waals surface area contributed by atoms with Gasteiger partial charge in [-0.25, -0.2) is 13.8 Å². The van der Waals surface area contributed by atoms with E-state index in [2.05, 4.69) is 26.8 Å². The van der Waals surface area contributed by atoms with Crippen molar-refractivity contribution in [3.8, 4) is 11.3 Å². The van der Waals surface area contributed by atoms with Crippen LogP contribution in [0.1, 0.15) is 19.8 Å². The first-order chi connectivity index (χ1) is 12.0. The third-order valence-corrected chi connectivity index (χ3v) is 5.61. The molecule has 25 heavy (non-hydrogen) atoms. The highest BCUT2D eigenvalue weighted by Gasteiger charge is 2.22. The van der Waals surface area contributed by atoms with Crippen LogP contribution in [0.2, 0.25) is 5.28 Å². The highest BCUT2D eigenvalue weighted by atomic mass is 35.5. The van der Waals surface area contributed by atoms with E-state index in [0.29, 0.717) is 22.0 Å². The van der Waals surface area contributed by atoms with Gasteiger partial charge in [0.1, 0.15) is 16.3 Å². The number of aromatic nitrogens is 3. The summed E-state index contributed by atoms with van der Waals surface area (Å²) in [6.45, 7) is 4.09. The molecule has 4 nitrogen and oxygen atoms in total. The molecular weight excluding hydrogens is 366 g/mol. The lowest BCUT2D eigenvalue weighted by atomic mass is 10.0. The Bertz CT molecular complexity index is 946. The lowest BCUT2D eigenvalue weighted by Gasteiger charge is -2.30. The Morgan fingerprint density at radius 1 is 1.24 bits per heavy atom. The number of hydrogen-bond acceptors (Lipinski definition) is 5. The maximum absolute atomic E-state index is 14.2. The summed E-state index contributed by atoms with van der Waals surface area (Å²) in [5.41, 5.74) is 0.983. The number of anilines is 1. The summed E-state index contributed by atoms with van der Waals surface area (Å²) >= 11 is 7.43. The Morgan fingerprint density at radius 2 is 2.08 bits per heavy atom. The molecular formula is C17H15ClF2N4S. The van der Waals surface area contributed by atoms with Gasteiger partial charge < -0.3 is 4.90 Å². The number of fused-ring (bicyclic) bond motifs is 1. The van der Waals surface area contributed by atoms with Gasteiger partial charge in [0.25, 0.3) is 0 Å². The standard InChI is InChI=1S/C17H15ClF2N4S/c1-9-3-2-6-24(8-9)17-23-15-14(25-17)13(21-16(18)22-15)11-5-4-10(19)7-12(11)20/h4-5,7,9H,2-3,6,8H2,1H3/t9-/m1/s1. The molecule has 8 heteroatoms. The topological polar surface area (TPSA) is 41.9 Å².